The SMILES string of the molecule is N#Cc1c(NC(=O)C(=O)N/N=C\c2ccc(F)cc2)sc2c1CCCC2. The number of hydrogen-bond acceptors (Lipinski definition) is 5. The van der Waals surface area contributed by atoms with Gasteiger partial charge in [0.2, 0.25) is 0 Å². The van der Waals surface area contributed by atoms with Crippen molar-refractivity contribution in [1.82, 2.24) is 5.43 Å². The molecule has 0 atom stereocenters. The highest BCUT2D eigenvalue weighted by atomic mass is 32.1. The fourth-order valence-electron chi connectivity index (χ4n) is 2.70. The highest BCUT2D eigenvalue weighted by Gasteiger charge is 2.23. The Balaban J connectivity index is 1.63. The minimum Gasteiger partial charge on any atom is -0.308 e. The van der Waals surface area contributed by atoms with Crippen LogP contribution in [0.4, 0.5) is 9.39 Å². The fourth-order valence-corrected chi connectivity index (χ4v) is 3.93. The zero-order chi connectivity index (χ0) is 18.5. The Morgan fingerprint density at radius 1 is 1.19 bits per heavy atom. The Hall–Kier alpha value is -3.05. The van der Waals surface area contributed by atoms with Gasteiger partial charge in [-0.1, -0.05) is 12.1 Å². The molecule has 1 aliphatic carbocycles. The van der Waals surface area contributed by atoms with Crippen LogP contribution < -0.4 is 10.7 Å². The van der Waals surface area contributed by atoms with E-state index in [0.29, 0.717) is 16.1 Å². The van der Waals surface area contributed by atoms with Crippen molar-refractivity contribution in [3.8, 4) is 6.07 Å². The average Bonchev–Trinajstić information content (AvgIpc) is 3.00. The van der Waals surface area contributed by atoms with Crippen LogP contribution in [-0.4, -0.2) is 18.0 Å². The van der Waals surface area contributed by atoms with Crippen LogP contribution in [0.1, 0.15) is 34.4 Å². The molecule has 2 amide bonds. The summed E-state index contributed by atoms with van der Waals surface area (Å²) < 4.78 is 12.8. The Morgan fingerprint density at radius 2 is 1.92 bits per heavy atom. The van der Waals surface area contributed by atoms with Gasteiger partial charge in [-0.2, -0.15) is 10.4 Å². The lowest BCUT2D eigenvalue weighted by atomic mass is 9.96. The molecule has 0 saturated heterocycles. The number of nitrogens with one attached hydrogen (secondary N) is 2. The van der Waals surface area contributed by atoms with Gasteiger partial charge in [-0.05, 0) is 48.9 Å². The highest BCUT2D eigenvalue weighted by Crippen LogP contribution is 2.37. The number of aryl methyl sites for hydroxylation is 1. The van der Waals surface area contributed by atoms with E-state index >= 15 is 0 Å². The number of benzene rings is 1. The predicted octanol–water partition coefficient (Wildman–Crippen LogP) is 2.73. The molecular formula is C18H15FN4O2S. The van der Waals surface area contributed by atoms with E-state index in [1.54, 1.807) is 0 Å². The topological polar surface area (TPSA) is 94.4 Å². The third-order valence-corrected chi connectivity index (χ3v) is 5.17. The molecule has 0 aliphatic heterocycles. The van der Waals surface area contributed by atoms with Crippen molar-refractivity contribution in [2.75, 3.05) is 5.32 Å². The standard InChI is InChI=1S/C18H15FN4O2S/c19-12-7-5-11(6-8-12)10-21-23-17(25)16(24)22-18-14(9-20)13-3-1-2-4-15(13)26-18/h5-8,10H,1-4H2,(H,22,24)(H,23,25)/b21-10-. The van der Waals surface area contributed by atoms with Crippen molar-refractivity contribution >= 4 is 34.4 Å². The normalized spacial score (nSPS) is 13.1. The second-order valence-electron chi connectivity index (χ2n) is 5.73. The predicted molar refractivity (Wildman–Crippen MR) is 96.4 cm³/mol. The molecule has 2 aromatic rings. The molecule has 0 fully saturated rings. The number of anilines is 1. The van der Waals surface area contributed by atoms with Crippen LogP contribution in [0, 0.1) is 17.1 Å². The van der Waals surface area contributed by atoms with Crippen LogP contribution in [0.15, 0.2) is 29.4 Å². The van der Waals surface area contributed by atoms with Gasteiger partial charge >= 0.3 is 11.8 Å². The van der Waals surface area contributed by atoms with E-state index in [2.05, 4.69) is 21.9 Å². The molecule has 1 heterocycles. The average molecular weight is 370 g/mol. The second kappa shape index (κ2) is 7.89. The number of hydrogen-bond donors (Lipinski definition) is 2. The van der Waals surface area contributed by atoms with Gasteiger partial charge in [0.15, 0.2) is 0 Å². The summed E-state index contributed by atoms with van der Waals surface area (Å²) in [5.74, 6) is -2.22. The maximum Gasteiger partial charge on any atom is 0.329 e. The number of carbonyl (C=O) groups is 2. The summed E-state index contributed by atoms with van der Waals surface area (Å²) in [4.78, 5) is 25.0. The third-order valence-electron chi connectivity index (χ3n) is 3.97. The number of halogens is 1. The van der Waals surface area contributed by atoms with Gasteiger partial charge < -0.3 is 5.32 Å². The number of nitriles is 1. The maximum atomic E-state index is 12.8. The van der Waals surface area contributed by atoms with Crippen LogP contribution in [0.25, 0.3) is 0 Å². The van der Waals surface area contributed by atoms with E-state index in [1.165, 1.54) is 41.8 Å². The van der Waals surface area contributed by atoms with Gasteiger partial charge in [0.05, 0.1) is 11.8 Å². The van der Waals surface area contributed by atoms with Gasteiger partial charge in [0.1, 0.15) is 16.9 Å². The molecule has 26 heavy (non-hydrogen) atoms. The molecule has 1 aromatic heterocycles. The fraction of sp³-hybridized carbons (Fsp3) is 0.222. The summed E-state index contributed by atoms with van der Waals surface area (Å²) in [6.07, 6.45) is 5.08. The first kappa shape index (κ1) is 17.8. The molecule has 0 radical (unpaired) electrons. The molecule has 0 bridgehead atoms. The summed E-state index contributed by atoms with van der Waals surface area (Å²) in [7, 11) is 0. The first-order chi connectivity index (χ1) is 12.6. The lowest BCUT2D eigenvalue weighted by molar-refractivity contribution is -0.136. The zero-order valence-electron chi connectivity index (χ0n) is 13.7. The van der Waals surface area contributed by atoms with Crippen LogP contribution in [0.2, 0.25) is 0 Å². The monoisotopic (exact) mass is 370 g/mol. The first-order valence-corrected chi connectivity index (χ1v) is 8.84. The number of thiophene rings is 1. The summed E-state index contributed by atoms with van der Waals surface area (Å²) in [6, 6.07) is 7.62. The van der Waals surface area contributed by atoms with E-state index in [4.69, 9.17) is 0 Å². The molecule has 132 valence electrons. The van der Waals surface area contributed by atoms with E-state index < -0.39 is 11.8 Å². The van der Waals surface area contributed by atoms with Crippen molar-refractivity contribution < 1.29 is 14.0 Å². The Morgan fingerprint density at radius 3 is 2.65 bits per heavy atom. The zero-order valence-corrected chi connectivity index (χ0v) is 14.5. The van der Waals surface area contributed by atoms with Crippen molar-refractivity contribution in [3.05, 3.63) is 51.7 Å². The molecule has 1 aliphatic rings. The summed E-state index contributed by atoms with van der Waals surface area (Å²) >= 11 is 1.35. The number of fused-ring (bicyclic) bond motifs is 1. The van der Waals surface area contributed by atoms with Gasteiger partial charge in [0, 0.05) is 4.88 Å². The van der Waals surface area contributed by atoms with Crippen molar-refractivity contribution in [2.24, 2.45) is 5.10 Å². The van der Waals surface area contributed by atoms with Crippen LogP contribution in [0.5, 0.6) is 0 Å². The molecule has 3 rings (SSSR count). The summed E-state index contributed by atoms with van der Waals surface area (Å²) in [5.41, 5.74) is 4.11. The lowest BCUT2D eigenvalue weighted by Gasteiger charge is -2.09. The van der Waals surface area contributed by atoms with E-state index in [-0.39, 0.29) is 5.82 Å². The molecule has 1 aromatic carbocycles. The molecular weight excluding hydrogens is 355 g/mol. The van der Waals surface area contributed by atoms with Gasteiger partial charge in [-0.25, -0.2) is 9.82 Å². The highest BCUT2D eigenvalue weighted by molar-refractivity contribution is 7.16. The largest absolute Gasteiger partial charge is 0.329 e. The smallest absolute Gasteiger partial charge is 0.308 e. The number of amides is 2. The lowest BCUT2D eigenvalue weighted by Crippen LogP contribution is -2.32. The van der Waals surface area contributed by atoms with E-state index in [9.17, 15) is 19.2 Å². The molecule has 0 spiro atoms. The molecule has 8 heteroatoms. The van der Waals surface area contributed by atoms with Crippen LogP contribution in [0.3, 0.4) is 0 Å². The number of carbonyl (C=O) groups excluding carboxylic acids is 2. The number of rotatable bonds is 3. The van der Waals surface area contributed by atoms with E-state index in [0.717, 1.165) is 36.1 Å². The number of nitrogens with zero attached hydrogens (tertiary/aromatic N) is 2. The minimum atomic E-state index is -0.946. The Bertz CT molecular complexity index is 913. The quantitative estimate of drug-likeness (QED) is 0.494. The molecule has 6 nitrogen and oxygen atoms in total. The third kappa shape index (κ3) is 3.95. The Kier molecular flexibility index (Phi) is 5.39. The van der Waals surface area contributed by atoms with Crippen LogP contribution >= 0.6 is 11.3 Å². The second-order valence-corrected chi connectivity index (χ2v) is 6.84. The summed E-state index contributed by atoms with van der Waals surface area (Å²) in [5, 5.41) is 15.9. The van der Waals surface area contributed by atoms with Gasteiger partial charge in [-0.15, -0.1) is 11.3 Å². The van der Waals surface area contributed by atoms with Crippen LogP contribution in [-0.2, 0) is 22.4 Å². The molecule has 2 N–H and O–H groups in total. The van der Waals surface area contributed by atoms with Crippen molar-refractivity contribution in [2.45, 2.75) is 25.7 Å². The Labute approximate surface area is 153 Å². The molecule has 0 saturated carbocycles. The van der Waals surface area contributed by atoms with E-state index in [1.807, 2.05) is 0 Å². The molecule has 0 unspecified atom stereocenters. The van der Waals surface area contributed by atoms with Crippen molar-refractivity contribution in [3.63, 3.8) is 0 Å². The van der Waals surface area contributed by atoms with Gasteiger partial charge in [0.25, 0.3) is 0 Å². The maximum absolute atomic E-state index is 12.8. The van der Waals surface area contributed by atoms with Gasteiger partial charge in [-0.3, -0.25) is 9.59 Å². The first-order valence-electron chi connectivity index (χ1n) is 8.03. The minimum absolute atomic E-state index is 0.377. The summed E-state index contributed by atoms with van der Waals surface area (Å²) in [6.45, 7) is 0. The van der Waals surface area contributed by atoms with Crippen molar-refractivity contribution in [1.29, 1.82) is 5.26 Å². The number of hydrazone groups is 1.